The Hall–Kier alpha value is -1.14. The molecule has 0 radical (unpaired) electrons. The number of carbonyl (C=O) groups excluding carboxylic acids is 1. The Balaban J connectivity index is 1.59. The van der Waals surface area contributed by atoms with Gasteiger partial charge in [0.15, 0.2) is 0 Å². The van der Waals surface area contributed by atoms with E-state index in [-0.39, 0.29) is 11.9 Å². The van der Waals surface area contributed by atoms with E-state index in [2.05, 4.69) is 10.6 Å². The Morgan fingerprint density at radius 1 is 1.35 bits per heavy atom. The van der Waals surface area contributed by atoms with E-state index in [9.17, 15) is 9.90 Å². The summed E-state index contributed by atoms with van der Waals surface area (Å²) in [5.41, 5.74) is 1.31. The first-order chi connectivity index (χ1) is 11.1. The molecular weight excluding hydrogens is 310 g/mol. The highest BCUT2D eigenvalue weighted by Crippen LogP contribution is 2.27. The molecule has 1 aromatic heterocycles. The quantitative estimate of drug-likeness (QED) is 0.638. The van der Waals surface area contributed by atoms with Crippen LogP contribution in [0.1, 0.15) is 55.1 Å². The molecule has 1 heterocycles. The van der Waals surface area contributed by atoms with Crippen molar-refractivity contribution in [3.63, 3.8) is 0 Å². The molecule has 1 aromatic rings. The van der Waals surface area contributed by atoms with Gasteiger partial charge in [-0.15, -0.1) is 11.3 Å². The smallest absolute Gasteiger partial charge is 0.314 e. The zero-order valence-corrected chi connectivity index (χ0v) is 15.0. The highest BCUT2D eigenvalue weighted by molar-refractivity contribution is 7.11. The van der Waals surface area contributed by atoms with E-state index in [0.29, 0.717) is 13.1 Å². The molecule has 0 fully saturated rings. The van der Waals surface area contributed by atoms with Crippen molar-refractivity contribution in [2.24, 2.45) is 5.92 Å². The SMILES string of the molecule is CCC(C)C(O)CNC(=O)NCCCc1nc2c(s1)CCCC2. The fourth-order valence-corrected chi connectivity index (χ4v) is 3.89. The molecule has 1 aliphatic carbocycles. The molecule has 0 spiro atoms. The Bertz CT molecular complexity index is 481. The van der Waals surface area contributed by atoms with Crippen molar-refractivity contribution in [2.45, 2.75) is 64.9 Å². The summed E-state index contributed by atoms with van der Waals surface area (Å²) in [5, 5.41) is 16.6. The predicted octanol–water partition coefficient (Wildman–Crippen LogP) is 2.66. The van der Waals surface area contributed by atoms with Gasteiger partial charge in [0.1, 0.15) is 0 Å². The van der Waals surface area contributed by atoms with Gasteiger partial charge >= 0.3 is 6.03 Å². The highest BCUT2D eigenvalue weighted by atomic mass is 32.1. The molecule has 2 unspecified atom stereocenters. The lowest BCUT2D eigenvalue weighted by molar-refractivity contribution is 0.114. The lowest BCUT2D eigenvalue weighted by Gasteiger charge is -2.17. The third-order valence-electron chi connectivity index (χ3n) is 4.52. The van der Waals surface area contributed by atoms with Gasteiger partial charge in [-0.25, -0.2) is 9.78 Å². The van der Waals surface area contributed by atoms with Crippen LogP contribution >= 0.6 is 11.3 Å². The molecule has 2 atom stereocenters. The molecule has 0 aromatic carbocycles. The monoisotopic (exact) mass is 339 g/mol. The van der Waals surface area contributed by atoms with Crippen LogP contribution in [0.25, 0.3) is 0 Å². The van der Waals surface area contributed by atoms with E-state index in [4.69, 9.17) is 4.98 Å². The number of aliphatic hydroxyl groups is 1. The molecule has 3 N–H and O–H groups in total. The number of aliphatic hydroxyl groups excluding tert-OH is 1. The Labute approximate surface area is 142 Å². The first-order valence-corrected chi connectivity index (χ1v) is 9.59. The van der Waals surface area contributed by atoms with Gasteiger partial charge in [0, 0.05) is 24.4 Å². The summed E-state index contributed by atoms with van der Waals surface area (Å²) >= 11 is 1.84. The number of carbonyl (C=O) groups is 1. The number of aromatic nitrogens is 1. The number of amides is 2. The van der Waals surface area contributed by atoms with Crippen molar-refractivity contribution in [3.8, 4) is 0 Å². The van der Waals surface area contributed by atoms with Crippen LogP contribution in [-0.4, -0.2) is 35.3 Å². The Morgan fingerprint density at radius 3 is 2.87 bits per heavy atom. The highest BCUT2D eigenvalue weighted by Gasteiger charge is 2.15. The number of nitrogens with zero attached hydrogens (tertiary/aromatic N) is 1. The molecule has 130 valence electrons. The van der Waals surface area contributed by atoms with Crippen molar-refractivity contribution in [1.82, 2.24) is 15.6 Å². The average Bonchev–Trinajstić information content (AvgIpc) is 2.98. The zero-order chi connectivity index (χ0) is 16.7. The molecule has 5 nitrogen and oxygen atoms in total. The molecule has 0 saturated heterocycles. The van der Waals surface area contributed by atoms with Crippen molar-refractivity contribution in [3.05, 3.63) is 15.6 Å². The minimum Gasteiger partial charge on any atom is -0.391 e. The van der Waals surface area contributed by atoms with E-state index >= 15 is 0 Å². The summed E-state index contributed by atoms with van der Waals surface area (Å²) in [5.74, 6) is 0.200. The molecule has 2 amide bonds. The molecule has 0 aliphatic heterocycles. The van der Waals surface area contributed by atoms with Crippen molar-refractivity contribution in [1.29, 1.82) is 0 Å². The van der Waals surface area contributed by atoms with E-state index < -0.39 is 6.10 Å². The minimum absolute atomic E-state index is 0.200. The fourth-order valence-electron chi connectivity index (χ4n) is 2.69. The summed E-state index contributed by atoms with van der Waals surface area (Å²) < 4.78 is 0. The van der Waals surface area contributed by atoms with Gasteiger partial charge in [0.25, 0.3) is 0 Å². The molecule has 23 heavy (non-hydrogen) atoms. The maximum atomic E-state index is 11.7. The maximum Gasteiger partial charge on any atom is 0.314 e. The second-order valence-corrected chi connectivity index (χ2v) is 7.55. The van der Waals surface area contributed by atoms with Crippen LogP contribution in [0.3, 0.4) is 0 Å². The summed E-state index contributed by atoms with van der Waals surface area (Å²) in [6.45, 7) is 4.96. The lowest BCUT2D eigenvalue weighted by Crippen LogP contribution is -2.41. The summed E-state index contributed by atoms with van der Waals surface area (Å²) in [6, 6.07) is -0.203. The minimum atomic E-state index is -0.479. The van der Waals surface area contributed by atoms with Crippen LogP contribution < -0.4 is 10.6 Å². The predicted molar refractivity (Wildman–Crippen MR) is 93.9 cm³/mol. The largest absolute Gasteiger partial charge is 0.391 e. The van der Waals surface area contributed by atoms with Gasteiger partial charge in [-0.3, -0.25) is 0 Å². The molecule has 0 saturated carbocycles. The fraction of sp³-hybridized carbons (Fsp3) is 0.765. The summed E-state index contributed by atoms with van der Waals surface area (Å²) in [6.07, 6.45) is 7.12. The topological polar surface area (TPSA) is 74.2 Å². The number of nitrogens with one attached hydrogen (secondary N) is 2. The van der Waals surface area contributed by atoms with Crippen molar-refractivity contribution in [2.75, 3.05) is 13.1 Å². The number of aryl methyl sites for hydroxylation is 3. The number of urea groups is 1. The molecular formula is C17H29N3O2S. The lowest BCUT2D eigenvalue weighted by atomic mass is 10.0. The van der Waals surface area contributed by atoms with E-state index in [1.165, 1.54) is 34.8 Å². The van der Waals surface area contributed by atoms with Gasteiger partial charge in [0.2, 0.25) is 0 Å². The second kappa shape index (κ2) is 9.23. The Kier molecular flexibility index (Phi) is 7.30. The van der Waals surface area contributed by atoms with Gasteiger partial charge in [-0.1, -0.05) is 20.3 Å². The molecule has 1 aliphatic rings. The van der Waals surface area contributed by atoms with E-state index in [1.807, 2.05) is 25.2 Å². The van der Waals surface area contributed by atoms with Crippen molar-refractivity contribution >= 4 is 17.4 Å². The third-order valence-corrected chi connectivity index (χ3v) is 5.73. The number of hydrogen-bond donors (Lipinski definition) is 3. The first kappa shape index (κ1) is 18.2. The van der Waals surface area contributed by atoms with E-state index in [0.717, 1.165) is 25.7 Å². The van der Waals surface area contributed by atoms with E-state index in [1.54, 1.807) is 0 Å². The maximum absolute atomic E-state index is 11.7. The summed E-state index contributed by atoms with van der Waals surface area (Å²) in [4.78, 5) is 17.9. The number of rotatable bonds is 8. The summed E-state index contributed by atoms with van der Waals surface area (Å²) in [7, 11) is 0. The molecule has 6 heteroatoms. The van der Waals surface area contributed by atoms with Crippen molar-refractivity contribution < 1.29 is 9.90 Å². The number of hydrogen-bond acceptors (Lipinski definition) is 4. The molecule has 0 bridgehead atoms. The normalized spacial score (nSPS) is 16.5. The van der Waals surface area contributed by atoms with Gasteiger partial charge in [-0.2, -0.15) is 0 Å². The third kappa shape index (κ3) is 5.77. The van der Waals surface area contributed by atoms with Crippen LogP contribution in [0.5, 0.6) is 0 Å². The van der Waals surface area contributed by atoms with Crippen LogP contribution in [0, 0.1) is 5.92 Å². The average molecular weight is 340 g/mol. The number of thiazole rings is 1. The Morgan fingerprint density at radius 2 is 2.13 bits per heavy atom. The van der Waals surface area contributed by atoms with Gasteiger partial charge in [0.05, 0.1) is 16.8 Å². The van der Waals surface area contributed by atoms with Crippen LogP contribution in [-0.2, 0) is 19.3 Å². The first-order valence-electron chi connectivity index (χ1n) is 8.77. The van der Waals surface area contributed by atoms with Crippen LogP contribution in [0.15, 0.2) is 0 Å². The van der Waals surface area contributed by atoms with Crippen LogP contribution in [0.2, 0.25) is 0 Å². The van der Waals surface area contributed by atoms with Gasteiger partial charge in [-0.05, 0) is 38.0 Å². The van der Waals surface area contributed by atoms with Gasteiger partial charge < -0.3 is 15.7 Å². The standard InChI is InChI=1S/C17H29N3O2S/c1-3-12(2)14(21)11-19-17(22)18-10-6-9-16-20-13-7-4-5-8-15(13)23-16/h12,14,21H,3-11H2,1-2H3,(H2,18,19,22). The zero-order valence-electron chi connectivity index (χ0n) is 14.2. The second-order valence-electron chi connectivity index (χ2n) is 6.38. The van der Waals surface area contributed by atoms with Crippen LogP contribution in [0.4, 0.5) is 4.79 Å². The number of fused-ring (bicyclic) bond motifs is 1. The molecule has 2 rings (SSSR count).